The number of fused-ring (bicyclic) bond motifs is 1. The van der Waals surface area contributed by atoms with E-state index in [0.29, 0.717) is 12.1 Å². The molecule has 1 aromatic carbocycles. The maximum atomic E-state index is 13.2. The van der Waals surface area contributed by atoms with Crippen LogP contribution in [0.15, 0.2) is 35.7 Å². The van der Waals surface area contributed by atoms with Crippen LogP contribution in [-0.2, 0) is 0 Å². The van der Waals surface area contributed by atoms with Crippen LogP contribution in [-0.4, -0.2) is 80.0 Å². The summed E-state index contributed by atoms with van der Waals surface area (Å²) in [5, 5.41) is 14.1. The smallest absolute Gasteiger partial charge is 0.269 e. The summed E-state index contributed by atoms with van der Waals surface area (Å²) in [5.41, 5.74) is 1.41. The molecule has 2 aromatic rings. The lowest BCUT2D eigenvalue weighted by molar-refractivity contribution is -0.384. The van der Waals surface area contributed by atoms with Crippen LogP contribution >= 0.6 is 11.3 Å². The molecule has 0 atom stereocenters. The first-order valence-electron chi connectivity index (χ1n) is 10.3. The average Bonchev–Trinajstić information content (AvgIpc) is 3.17. The van der Waals surface area contributed by atoms with Crippen molar-refractivity contribution in [2.24, 2.45) is 0 Å². The molecule has 1 saturated heterocycles. The van der Waals surface area contributed by atoms with Gasteiger partial charge in [-0.3, -0.25) is 19.8 Å². The van der Waals surface area contributed by atoms with Gasteiger partial charge < -0.3 is 14.7 Å². The van der Waals surface area contributed by atoms with Gasteiger partial charge in [0.15, 0.2) is 0 Å². The van der Waals surface area contributed by atoms with Gasteiger partial charge in [-0.25, -0.2) is 0 Å². The van der Waals surface area contributed by atoms with Crippen LogP contribution in [0.4, 0.5) is 16.4 Å². The second-order valence-corrected chi connectivity index (χ2v) is 8.75. The Morgan fingerprint density at radius 2 is 1.77 bits per heavy atom. The van der Waals surface area contributed by atoms with E-state index in [-0.39, 0.29) is 11.6 Å². The zero-order valence-electron chi connectivity index (χ0n) is 17.2. The Morgan fingerprint density at radius 1 is 1.03 bits per heavy atom. The number of nitro benzene ring substituents is 1. The molecule has 0 N–H and O–H groups in total. The summed E-state index contributed by atoms with van der Waals surface area (Å²) in [7, 11) is 2.17. The topological polar surface area (TPSA) is 73.2 Å². The van der Waals surface area contributed by atoms with E-state index in [1.807, 2.05) is 16.3 Å². The number of amides is 1. The molecule has 0 spiro atoms. The lowest BCUT2D eigenvalue weighted by atomic mass is 10.1. The van der Waals surface area contributed by atoms with Gasteiger partial charge in [0.25, 0.3) is 11.6 Å². The Morgan fingerprint density at radius 3 is 2.47 bits per heavy atom. The van der Waals surface area contributed by atoms with Crippen molar-refractivity contribution in [1.29, 1.82) is 0 Å². The third-order valence-electron chi connectivity index (χ3n) is 5.86. The number of anilines is 2. The first-order chi connectivity index (χ1) is 14.5. The minimum absolute atomic E-state index is 0.00581. The molecule has 2 aliphatic rings. The largest absolute Gasteiger partial charge is 0.360 e. The Bertz CT molecular complexity index is 892. The number of non-ortho nitro benzene ring substituents is 1. The lowest BCUT2D eigenvalue weighted by Gasteiger charge is -2.34. The number of thiophene rings is 1. The molecule has 9 heteroatoms. The second-order valence-electron chi connectivity index (χ2n) is 7.86. The second kappa shape index (κ2) is 9.11. The summed E-state index contributed by atoms with van der Waals surface area (Å²) < 4.78 is 0. The molecule has 0 bridgehead atoms. The first kappa shape index (κ1) is 20.8. The molecule has 0 aliphatic carbocycles. The van der Waals surface area contributed by atoms with Gasteiger partial charge in [0.05, 0.1) is 10.6 Å². The molecule has 1 fully saturated rings. The van der Waals surface area contributed by atoms with E-state index in [4.69, 9.17) is 0 Å². The Kier molecular flexibility index (Phi) is 6.31. The Labute approximate surface area is 180 Å². The zero-order valence-corrected chi connectivity index (χ0v) is 18.0. The number of hydrogen-bond donors (Lipinski definition) is 0. The van der Waals surface area contributed by atoms with Crippen molar-refractivity contribution >= 4 is 33.6 Å². The van der Waals surface area contributed by atoms with Crippen LogP contribution in [0, 0.1) is 10.1 Å². The van der Waals surface area contributed by atoms with Crippen molar-refractivity contribution in [1.82, 2.24) is 9.80 Å². The molecule has 0 unspecified atom stereocenters. The molecule has 8 nitrogen and oxygen atoms in total. The summed E-state index contributed by atoms with van der Waals surface area (Å²) in [6, 6.07) is 7.88. The van der Waals surface area contributed by atoms with Gasteiger partial charge in [-0.1, -0.05) is 0 Å². The predicted octanol–water partition coefficient (Wildman–Crippen LogP) is 2.76. The number of carbonyl (C=O) groups is 1. The third-order valence-corrected chi connectivity index (χ3v) is 6.83. The fraction of sp³-hybridized carbons (Fsp3) is 0.476. The molecule has 1 amide bonds. The predicted molar refractivity (Wildman–Crippen MR) is 120 cm³/mol. The van der Waals surface area contributed by atoms with Gasteiger partial charge in [0.1, 0.15) is 5.00 Å². The van der Waals surface area contributed by atoms with Crippen molar-refractivity contribution in [3.8, 4) is 0 Å². The van der Waals surface area contributed by atoms with E-state index in [9.17, 15) is 14.9 Å². The van der Waals surface area contributed by atoms with Crippen molar-refractivity contribution in [2.45, 2.75) is 6.42 Å². The molecule has 3 heterocycles. The molecular formula is C21H27N5O3S. The summed E-state index contributed by atoms with van der Waals surface area (Å²) >= 11 is 1.67. The van der Waals surface area contributed by atoms with E-state index < -0.39 is 4.92 Å². The van der Waals surface area contributed by atoms with E-state index in [1.54, 1.807) is 23.5 Å². The number of piperazine rings is 1. The Balaban J connectivity index is 1.47. The maximum Gasteiger partial charge on any atom is 0.269 e. The van der Waals surface area contributed by atoms with Crippen molar-refractivity contribution < 1.29 is 9.72 Å². The Hall–Kier alpha value is -2.49. The number of hydrogen-bond acceptors (Lipinski definition) is 7. The number of carbonyl (C=O) groups excluding carboxylic acids is 1. The summed E-state index contributed by atoms with van der Waals surface area (Å²) in [5.74, 6) is -0.106. The number of nitro groups is 1. The van der Waals surface area contributed by atoms with Gasteiger partial charge in [0.2, 0.25) is 0 Å². The summed E-state index contributed by atoms with van der Waals surface area (Å²) in [4.78, 5) is 32.7. The van der Waals surface area contributed by atoms with Crippen LogP contribution in [0.2, 0.25) is 0 Å². The van der Waals surface area contributed by atoms with Gasteiger partial charge in [-0.2, -0.15) is 0 Å². The van der Waals surface area contributed by atoms with Crippen molar-refractivity contribution in [3.63, 3.8) is 0 Å². The number of rotatable bonds is 5. The fourth-order valence-electron chi connectivity index (χ4n) is 4.02. The molecule has 4 rings (SSSR count). The number of benzene rings is 1. The van der Waals surface area contributed by atoms with E-state index in [2.05, 4.69) is 21.7 Å². The lowest BCUT2D eigenvalue weighted by Crippen LogP contribution is -2.47. The zero-order chi connectivity index (χ0) is 21.1. The van der Waals surface area contributed by atoms with E-state index >= 15 is 0 Å². The van der Waals surface area contributed by atoms with E-state index in [0.717, 1.165) is 62.9 Å². The highest BCUT2D eigenvalue weighted by atomic mass is 32.1. The number of nitrogens with zero attached hydrogens (tertiary/aromatic N) is 5. The minimum atomic E-state index is -0.449. The molecule has 160 valence electrons. The highest BCUT2D eigenvalue weighted by Crippen LogP contribution is 2.38. The van der Waals surface area contributed by atoms with Crippen LogP contribution in [0.25, 0.3) is 0 Å². The average molecular weight is 430 g/mol. The maximum absolute atomic E-state index is 13.2. The molecule has 0 saturated carbocycles. The van der Waals surface area contributed by atoms with Crippen molar-refractivity contribution in [2.75, 3.05) is 69.2 Å². The molecule has 0 radical (unpaired) electrons. The molecule has 30 heavy (non-hydrogen) atoms. The third kappa shape index (κ3) is 4.48. The van der Waals surface area contributed by atoms with Gasteiger partial charge in [-0.05, 0) is 37.0 Å². The SMILES string of the molecule is CN1CCN(CCN2CCCN(C(=O)c3ccc([N+](=O)[O-])cc3)c3ccsc32)CC1. The van der Waals surface area contributed by atoms with Crippen LogP contribution in [0.3, 0.4) is 0 Å². The number of likely N-dealkylation sites (N-methyl/N-ethyl adjacent to an activating group) is 1. The van der Waals surface area contributed by atoms with Gasteiger partial charge in [-0.15, -0.1) is 11.3 Å². The van der Waals surface area contributed by atoms with Crippen LogP contribution in [0.5, 0.6) is 0 Å². The van der Waals surface area contributed by atoms with Gasteiger partial charge >= 0.3 is 0 Å². The molecular weight excluding hydrogens is 402 g/mol. The normalized spacial score (nSPS) is 18.2. The summed E-state index contributed by atoms with van der Waals surface area (Å²) in [6.45, 7) is 7.98. The highest BCUT2D eigenvalue weighted by Gasteiger charge is 2.27. The summed E-state index contributed by atoms with van der Waals surface area (Å²) in [6.07, 6.45) is 0.892. The quantitative estimate of drug-likeness (QED) is 0.538. The fourth-order valence-corrected chi connectivity index (χ4v) is 4.97. The first-order valence-corrected chi connectivity index (χ1v) is 11.2. The standard InChI is InChI=1S/C21H27N5O3S/c1-22-10-12-23(13-11-22)14-15-24-8-2-9-25(19-7-16-30-21(19)24)20(27)17-3-5-18(6-4-17)26(28)29/h3-7,16H,2,8-15H2,1H3. The monoisotopic (exact) mass is 429 g/mol. The molecule has 2 aliphatic heterocycles. The van der Waals surface area contributed by atoms with Crippen molar-refractivity contribution in [3.05, 3.63) is 51.4 Å². The minimum Gasteiger partial charge on any atom is -0.360 e. The van der Waals surface area contributed by atoms with Crippen LogP contribution in [0.1, 0.15) is 16.8 Å². The highest BCUT2D eigenvalue weighted by molar-refractivity contribution is 7.15. The van der Waals surface area contributed by atoms with E-state index in [1.165, 1.54) is 12.1 Å². The van der Waals surface area contributed by atoms with Crippen LogP contribution < -0.4 is 9.80 Å². The van der Waals surface area contributed by atoms with Gasteiger partial charge in [0, 0.05) is 70.1 Å². The molecule has 1 aromatic heterocycles.